The number of unbranched alkanes of at least 4 members (excludes halogenated alkanes) is 3. The number of hydrogen-bond acceptors (Lipinski definition) is 5. The Morgan fingerprint density at radius 1 is 0.773 bits per heavy atom. The van der Waals surface area contributed by atoms with E-state index in [0.717, 1.165) is 38.5 Å². The largest absolute Gasteiger partial charge is 0.340 e. The van der Waals surface area contributed by atoms with E-state index in [2.05, 4.69) is 0 Å². The molecule has 0 bridgehead atoms. The minimum Gasteiger partial charge on any atom is -0.327 e. The maximum atomic E-state index is 12.8. The number of rotatable bonds is 15. The zero-order valence-corrected chi connectivity index (χ0v) is 16.6. The van der Waals surface area contributed by atoms with Gasteiger partial charge in [-0.15, -0.1) is 11.6 Å². The van der Waals surface area contributed by atoms with Gasteiger partial charge in [0, 0.05) is 0 Å². The molecule has 0 aromatic heterocycles. The van der Waals surface area contributed by atoms with Gasteiger partial charge in [0.05, 0.1) is 25.4 Å². The molecule has 0 aromatic rings. The van der Waals surface area contributed by atoms with Crippen LogP contribution in [0.4, 0.5) is 0 Å². The summed E-state index contributed by atoms with van der Waals surface area (Å²) in [5.74, 6) is -0.235. The molecule has 1 atom stereocenters. The Labute approximate surface area is 140 Å². The number of halogens is 1. The number of hydrogen-bond donors (Lipinski definition) is 0. The van der Waals surface area contributed by atoms with Gasteiger partial charge in [-0.25, -0.2) is 0 Å². The van der Waals surface area contributed by atoms with E-state index in [-0.39, 0.29) is 11.5 Å². The average molecular weight is 377 g/mol. The smallest absolute Gasteiger partial charge is 0.327 e. The molecule has 0 fully saturated rings. The molecule has 1 unspecified atom stereocenters. The van der Waals surface area contributed by atoms with Gasteiger partial charge in [0.1, 0.15) is 5.90 Å². The van der Waals surface area contributed by atoms with E-state index in [1.807, 2.05) is 20.8 Å². The van der Waals surface area contributed by atoms with Crippen LogP contribution in [-0.2, 0) is 22.7 Å². The SMILES string of the molecule is CCCCOP(=O)(CCl)CP(=O)(OCCCC)OCCCC. The van der Waals surface area contributed by atoms with E-state index < -0.39 is 15.0 Å². The third-order valence-corrected chi connectivity index (χ3v) is 9.34. The fourth-order valence-corrected chi connectivity index (χ4v) is 7.27. The Morgan fingerprint density at radius 2 is 1.18 bits per heavy atom. The molecule has 0 aliphatic carbocycles. The minimum atomic E-state index is -3.44. The maximum absolute atomic E-state index is 12.8. The lowest BCUT2D eigenvalue weighted by atomic mass is 10.4. The highest BCUT2D eigenvalue weighted by atomic mass is 35.5. The van der Waals surface area contributed by atoms with E-state index in [4.69, 9.17) is 25.2 Å². The molecule has 0 spiro atoms. The van der Waals surface area contributed by atoms with Gasteiger partial charge in [0.25, 0.3) is 0 Å². The molecule has 0 amide bonds. The average Bonchev–Trinajstić information content (AvgIpc) is 2.48. The van der Waals surface area contributed by atoms with E-state index in [0.29, 0.717) is 19.8 Å². The first-order valence-electron chi connectivity index (χ1n) is 8.12. The summed E-state index contributed by atoms with van der Waals surface area (Å²) < 4.78 is 41.8. The molecular weight excluding hydrogens is 346 g/mol. The quantitative estimate of drug-likeness (QED) is 0.197. The van der Waals surface area contributed by atoms with Crippen molar-refractivity contribution in [1.82, 2.24) is 0 Å². The lowest BCUT2D eigenvalue weighted by molar-refractivity contribution is 0.201. The van der Waals surface area contributed by atoms with Crippen molar-refractivity contribution in [3.8, 4) is 0 Å². The second-order valence-electron chi connectivity index (χ2n) is 5.25. The van der Waals surface area contributed by atoms with Crippen LogP contribution in [0.1, 0.15) is 59.3 Å². The fraction of sp³-hybridized carbons (Fsp3) is 1.00. The summed E-state index contributed by atoms with van der Waals surface area (Å²) in [6.45, 7) is 7.06. The summed E-state index contributed by atoms with van der Waals surface area (Å²) in [6, 6.07) is 0. The van der Waals surface area contributed by atoms with Gasteiger partial charge in [-0.05, 0) is 19.3 Å². The first-order valence-corrected chi connectivity index (χ1v) is 12.4. The molecular formula is C14H31ClO5P2. The molecule has 5 nitrogen and oxygen atoms in total. The first-order chi connectivity index (χ1) is 10.4. The molecule has 0 aromatic carbocycles. The van der Waals surface area contributed by atoms with Crippen molar-refractivity contribution in [2.45, 2.75) is 59.3 Å². The predicted molar refractivity (Wildman–Crippen MR) is 93.4 cm³/mol. The third kappa shape index (κ3) is 10.4. The van der Waals surface area contributed by atoms with Crippen LogP contribution < -0.4 is 0 Å². The number of alkyl halides is 1. The van der Waals surface area contributed by atoms with Crippen molar-refractivity contribution in [3.63, 3.8) is 0 Å². The summed E-state index contributed by atoms with van der Waals surface area (Å²) in [5.41, 5.74) is -0.172. The van der Waals surface area contributed by atoms with Crippen LogP contribution in [0, 0.1) is 0 Å². The van der Waals surface area contributed by atoms with Crippen molar-refractivity contribution in [2.75, 3.05) is 31.3 Å². The van der Waals surface area contributed by atoms with Crippen LogP contribution in [-0.4, -0.2) is 31.3 Å². The van der Waals surface area contributed by atoms with Gasteiger partial charge < -0.3 is 13.6 Å². The Bertz CT molecular complexity index is 351. The zero-order chi connectivity index (χ0) is 16.9. The van der Waals surface area contributed by atoms with Crippen LogP contribution in [0.25, 0.3) is 0 Å². The highest BCUT2D eigenvalue weighted by Gasteiger charge is 2.36. The molecule has 0 saturated carbocycles. The van der Waals surface area contributed by atoms with Crippen LogP contribution in [0.5, 0.6) is 0 Å². The molecule has 0 radical (unpaired) electrons. The van der Waals surface area contributed by atoms with Crippen molar-refractivity contribution in [1.29, 1.82) is 0 Å². The van der Waals surface area contributed by atoms with E-state index in [9.17, 15) is 9.13 Å². The zero-order valence-electron chi connectivity index (χ0n) is 14.1. The lowest BCUT2D eigenvalue weighted by Gasteiger charge is -2.23. The summed E-state index contributed by atoms with van der Waals surface area (Å²) in [7, 11) is -6.63. The van der Waals surface area contributed by atoms with Crippen LogP contribution >= 0.6 is 26.6 Å². The lowest BCUT2D eigenvalue weighted by Crippen LogP contribution is -2.06. The summed E-state index contributed by atoms with van der Waals surface area (Å²) in [6.07, 6.45) is 5.13. The summed E-state index contributed by atoms with van der Waals surface area (Å²) >= 11 is 5.80. The van der Waals surface area contributed by atoms with Crippen LogP contribution in [0.15, 0.2) is 0 Å². The van der Waals surface area contributed by atoms with E-state index >= 15 is 0 Å². The summed E-state index contributed by atoms with van der Waals surface area (Å²) in [5, 5.41) is 0. The highest BCUT2D eigenvalue weighted by Crippen LogP contribution is 2.64. The van der Waals surface area contributed by atoms with Crippen molar-refractivity contribution >= 4 is 26.6 Å². The van der Waals surface area contributed by atoms with E-state index in [1.54, 1.807) is 0 Å². The Balaban J connectivity index is 4.74. The normalized spacial score (nSPS) is 14.9. The van der Waals surface area contributed by atoms with Gasteiger partial charge in [0.15, 0.2) is 0 Å². The Morgan fingerprint density at radius 3 is 1.55 bits per heavy atom. The molecule has 0 aliphatic rings. The minimum absolute atomic E-state index is 0.172. The van der Waals surface area contributed by atoms with Gasteiger partial charge in [-0.1, -0.05) is 40.0 Å². The van der Waals surface area contributed by atoms with Crippen molar-refractivity contribution < 1.29 is 22.7 Å². The molecule has 22 heavy (non-hydrogen) atoms. The molecule has 0 N–H and O–H groups in total. The second kappa shape index (κ2) is 13.0. The van der Waals surface area contributed by atoms with E-state index in [1.165, 1.54) is 0 Å². The predicted octanol–water partition coefficient (Wildman–Crippen LogP) is 6.06. The Kier molecular flexibility index (Phi) is 13.4. The molecule has 0 rings (SSSR count). The van der Waals surface area contributed by atoms with Gasteiger partial charge >= 0.3 is 7.60 Å². The van der Waals surface area contributed by atoms with Gasteiger partial charge in [-0.3, -0.25) is 9.13 Å². The first kappa shape index (κ1) is 22.6. The van der Waals surface area contributed by atoms with Crippen LogP contribution in [0.2, 0.25) is 0 Å². The van der Waals surface area contributed by atoms with Crippen molar-refractivity contribution in [2.24, 2.45) is 0 Å². The van der Waals surface area contributed by atoms with Gasteiger partial charge in [0.2, 0.25) is 7.37 Å². The maximum Gasteiger partial charge on any atom is 0.340 e. The molecule has 134 valence electrons. The topological polar surface area (TPSA) is 61.8 Å². The molecule has 0 heterocycles. The van der Waals surface area contributed by atoms with Crippen molar-refractivity contribution in [3.05, 3.63) is 0 Å². The molecule has 0 aliphatic heterocycles. The fourth-order valence-electron chi connectivity index (χ4n) is 1.57. The van der Waals surface area contributed by atoms with Crippen LogP contribution in [0.3, 0.4) is 0 Å². The van der Waals surface area contributed by atoms with Gasteiger partial charge in [-0.2, -0.15) is 0 Å². The monoisotopic (exact) mass is 376 g/mol. The molecule has 8 heteroatoms. The summed E-state index contributed by atoms with van der Waals surface area (Å²) in [4.78, 5) is 0. The molecule has 0 saturated heterocycles. The Hall–Kier alpha value is 0.630. The second-order valence-corrected chi connectivity index (χ2v) is 11.0. The highest BCUT2D eigenvalue weighted by molar-refractivity contribution is 7.74. The third-order valence-electron chi connectivity index (χ3n) is 2.97. The standard InChI is InChI=1S/C14H31ClO5P2/c1-4-7-10-18-21(16,13-15)14-22(17,19-11-8-5-2)20-12-9-6-3/h4-14H2,1-3H3.